The maximum Gasteiger partial charge on any atom is 0.198 e. The molecule has 5 rings (SSSR count). The second-order valence-electron chi connectivity index (χ2n) is 12.4. The van der Waals surface area contributed by atoms with Gasteiger partial charge in [-0.05, 0) is 48.2 Å². The molecule has 4 aromatic carbocycles. The second kappa shape index (κ2) is 16.9. The summed E-state index contributed by atoms with van der Waals surface area (Å²) in [6, 6.07) is 27.4. The van der Waals surface area contributed by atoms with Gasteiger partial charge in [-0.1, -0.05) is 139 Å². The molecule has 1 aliphatic carbocycles. The highest BCUT2D eigenvalue weighted by molar-refractivity contribution is 6.31. The average molecular weight is 617 g/mol. The third kappa shape index (κ3) is 7.78. The van der Waals surface area contributed by atoms with E-state index in [0.29, 0.717) is 47.0 Å². The van der Waals surface area contributed by atoms with Crippen LogP contribution in [0.1, 0.15) is 123 Å². The second-order valence-corrected chi connectivity index (χ2v) is 12.4. The molecule has 240 valence electrons. The minimum absolute atomic E-state index is 0.190. The predicted octanol–water partition coefficient (Wildman–Crippen LogP) is 11.3. The van der Waals surface area contributed by atoms with Crippen molar-refractivity contribution in [3.8, 4) is 33.8 Å². The van der Waals surface area contributed by atoms with Crippen molar-refractivity contribution in [2.45, 2.75) is 90.9 Å². The highest BCUT2D eigenvalue weighted by Gasteiger charge is 2.37. The summed E-state index contributed by atoms with van der Waals surface area (Å²) in [6.45, 7) is 5.43. The Morgan fingerprint density at radius 1 is 0.413 bits per heavy atom. The highest BCUT2D eigenvalue weighted by atomic mass is 16.5. The third-order valence-electron chi connectivity index (χ3n) is 8.92. The molecule has 0 aromatic heterocycles. The molecule has 0 aliphatic heterocycles. The number of hydrogen-bond acceptors (Lipinski definition) is 4. The minimum Gasteiger partial charge on any atom is -0.492 e. The Kier molecular flexibility index (Phi) is 12.2. The number of ketones is 2. The maximum absolute atomic E-state index is 14.5. The number of carbonyl (C=O) groups excluding carboxylic acids is 2. The molecule has 4 heteroatoms. The molecule has 46 heavy (non-hydrogen) atoms. The lowest BCUT2D eigenvalue weighted by atomic mass is 9.80. The first-order chi connectivity index (χ1) is 22.7. The summed E-state index contributed by atoms with van der Waals surface area (Å²) >= 11 is 0. The van der Waals surface area contributed by atoms with Gasteiger partial charge in [0, 0.05) is 22.3 Å². The van der Waals surface area contributed by atoms with Crippen LogP contribution in [-0.2, 0) is 0 Å². The van der Waals surface area contributed by atoms with Gasteiger partial charge in [0.05, 0.1) is 24.3 Å². The van der Waals surface area contributed by atoms with Gasteiger partial charge in [-0.25, -0.2) is 0 Å². The molecular formula is C42H48O4. The van der Waals surface area contributed by atoms with Gasteiger partial charge < -0.3 is 9.47 Å². The number of benzene rings is 4. The van der Waals surface area contributed by atoms with Crippen LogP contribution >= 0.6 is 0 Å². The van der Waals surface area contributed by atoms with Gasteiger partial charge in [0.1, 0.15) is 11.5 Å². The van der Waals surface area contributed by atoms with E-state index < -0.39 is 0 Å². The first-order valence-electron chi connectivity index (χ1n) is 17.5. The summed E-state index contributed by atoms with van der Waals surface area (Å²) in [7, 11) is 0. The van der Waals surface area contributed by atoms with Gasteiger partial charge in [0.15, 0.2) is 11.6 Å². The predicted molar refractivity (Wildman–Crippen MR) is 188 cm³/mol. The lowest BCUT2D eigenvalue weighted by Gasteiger charge is -2.25. The van der Waals surface area contributed by atoms with E-state index in [1.54, 1.807) is 12.1 Å². The van der Waals surface area contributed by atoms with E-state index in [0.717, 1.165) is 47.9 Å². The molecule has 0 saturated carbocycles. The molecule has 0 heterocycles. The van der Waals surface area contributed by atoms with Gasteiger partial charge in [-0.2, -0.15) is 0 Å². The van der Waals surface area contributed by atoms with E-state index in [4.69, 9.17) is 9.47 Å². The van der Waals surface area contributed by atoms with Crippen LogP contribution in [0, 0.1) is 0 Å². The average Bonchev–Trinajstić information content (AvgIpc) is 3.10. The van der Waals surface area contributed by atoms with Crippen molar-refractivity contribution in [1.29, 1.82) is 0 Å². The maximum atomic E-state index is 14.5. The van der Waals surface area contributed by atoms with E-state index in [1.807, 2.05) is 72.8 Å². The molecule has 0 unspecified atom stereocenters. The van der Waals surface area contributed by atoms with Crippen LogP contribution in [0.4, 0.5) is 0 Å². The molecule has 0 saturated heterocycles. The van der Waals surface area contributed by atoms with Crippen molar-refractivity contribution in [3.05, 3.63) is 107 Å². The molecule has 0 N–H and O–H groups in total. The van der Waals surface area contributed by atoms with Gasteiger partial charge in [-0.15, -0.1) is 0 Å². The van der Waals surface area contributed by atoms with Gasteiger partial charge in [-0.3, -0.25) is 9.59 Å². The molecule has 0 spiro atoms. The first kappa shape index (κ1) is 33.2. The number of fused-ring (bicyclic) bond motifs is 2. The summed E-state index contributed by atoms with van der Waals surface area (Å²) in [4.78, 5) is 28.9. The fourth-order valence-electron chi connectivity index (χ4n) is 6.37. The Morgan fingerprint density at radius 2 is 0.761 bits per heavy atom. The number of hydrogen-bond donors (Lipinski definition) is 0. The minimum atomic E-state index is -0.190. The van der Waals surface area contributed by atoms with Crippen molar-refractivity contribution in [2.24, 2.45) is 0 Å². The van der Waals surface area contributed by atoms with Crippen LogP contribution in [-0.4, -0.2) is 24.8 Å². The van der Waals surface area contributed by atoms with Crippen LogP contribution < -0.4 is 9.47 Å². The summed E-state index contributed by atoms with van der Waals surface area (Å²) in [5.41, 5.74) is 5.05. The smallest absolute Gasteiger partial charge is 0.198 e. The fourth-order valence-corrected chi connectivity index (χ4v) is 6.37. The molecule has 4 nitrogen and oxygen atoms in total. The molecule has 0 radical (unpaired) electrons. The number of ether oxygens (including phenoxy) is 2. The summed E-state index contributed by atoms with van der Waals surface area (Å²) < 4.78 is 12.9. The summed E-state index contributed by atoms with van der Waals surface area (Å²) in [5.74, 6) is 0.625. The number of carbonyl (C=O) groups is 2. The SMILES string of the molecule is CCCCCCCCOc1c(-c2ccccc2)ccc2c1C(=O)c1ccc(-c3ccccc3)c(OCCCCCCCC)c1C2=O. The zero-order valence-electron chi connectivity index (χ0n) is 27.6. The largest absolute Gasteiger partial charge is 0.492 e. The Balaban J connectivity index is 1.50. The monoisotopic (exact) mass is 616 g/mol. The standard InChI is InChI=1S/C42H48O4/c1-3-5-7-9-11-19-29-45-41-33(31-21-15-13-16-22-31)25-27-35-37(41)39(43)36-28-26-34(32-23-17-14-18-24-32)42(38(36)40(35)44)46-30-20-12-10-8-6-4-2/h13-18,21-28H,3-12,19-20,29-30H2,1-2H3. The van der Waals surface area contributed by atoms with E-state index in [2.05, 4.69) is 13.8 Å². The lowest BCUT2D eigenvalue weighted by Crippen LogP contribution is -2.24. The first-order valence-corrected chi connectivity index (χ1v) is 17.5. The molecule has 0 fully saturated rings. The quantitative estimate of drug-likeness (QED) is 0.0919. The Morgan fingerprint density at radius 3 is 1.15 bits per heavy atom. The van der Waals surface area contributed by atoms with Gasteiger partial charge >= 0.3 is 0 Å². The zero-order valence-corrected chi connectivity index (χ0v) is 27.6. The normalized spacial score (nSPS) is 12.1. The van der Waals surface area contributed by atoms with Gasteiger partial charge in [0.2, 0.25) is 0 Å². The van der Waals surface area contributed by atoms with Crippen molar-refractivity contribution in [1.82, 2.24) is 0 Å². The molecule has 0 bridgehead atoms. The Labute approximate surface area is 275 Å². The number of rotatable bonds is 18. The molecular weight excluding hydrogens is 568 g/mol. The van der Waals surface area contributed by atoms with Gasteiger partial charge in [0.25, 0.3) is 0 Å². The third-order valence-corrected chi connectivity index (χ3v) is 8.92. The topological polar surface area (TPSA) is 52.6 Å². The van der Waals surface area contributed by atoms with E-state index in [-0.39, 0.29) is 11.6 Å². The summed E-state index contributed by atoms with van der Waals surface area (Å²) in [6.07, 6.45) is 13.7. The Hall–Kier alpha value is -4.18. The van der Waals surface area contributed by atoms with Crippen LogP contribution in [0.25, 0.3) is 22.3 Å². The molecule has 1 aliphatic rings. The van der Waals surface area contributed by atoms with Crippen LogP contribution in [0.15, 0.2) is 84.9 Å². The summed E-state index contributed by atoms with van der Waals surface area (Å²) in [5, 5.41) is 0. The highest BCUT2D eigenvalue weighted by Crippen LogP contribution is 2.45. The fraction of sp³-hybridized carbons (Fsp3) is 0.381. The van der Waals surface area contributed by atoms with Crippen molar-refractivity contribution in [2.75, 3.05) is 13.2 Å². The van der Waals surface area contributed by atoms with Crippen molar-refractivity contribution in [3.63, 3.8) is 0 Å². The van der Waals surface area contributed by atoms with Crippen LogP contribution in [0.5, 0.6) is 11.5 Å². The number of unbranched alkanes of at least 4 members (excludes halogenated alkanes) is 10. The van der Waals surface area contributed by atoms with E-state index in [1.165, 1.54) is 51.4 Å². The lowest BCUT2D eigenvalue weighted by molar-refractivity contribution is 0.0972. The van der Waals surface area contributed by atoms with Crippen LogP contribution in [0.3, 0.4) is 0 Å². The van der Waals surface area contributed by atoms with Crippen molar-refractivity contribution < 1.29 is 19.1 Å². The van der Waals surface area contributed by atoms with E-state index >= 15 is 0 Å². The van der Waals surface area contributed by atoms with Crippen LogP contribution in [0.2, 0.25) is 0 Å². The van der Waals surface area contributed by atoms with Crippen molar-refractivity contribution >= 4 is 11.6 Å². The molecule has 0 atom stereocenters. The molecule has 0 amide bonds. The Bertz CT molecular complexity index is 1470. The molecule has 4 aromatic rings. The zero-order chi connectivity index (χ0) is 32.1. The van der Waals surface area contributed by atoms with E-state index in [9.17, 15) is 9.59 Å².